The Morgan fingerprint density at radius 2 is 2.10 bits per heavy atom. The topological polar surface area (TPSA) is 30.7 Å². The normalized spacial score (nSPS) is 11.2. The molecule has 0 saturated carbocycles. The highest BCUT2D eigenvalue weighted by molar-refractivity contribution is 9.10. The summed E-state index contributed by atoms with van der Waals surface area (Å²) in [7, 11) is 0. The Morgan fingerprint density at radius 1 is 1.30 bits per heavy atom. The van der Waals surface area contributed by atoms with Crippen molar-refractivity contribution in [2.75, 3.05) is 0 Å². The standard InChI is InChI=1S/C13H7BrCl2FN3/c14-9-2-1-8(4-10(9)17)20-12(5-15)19-11-3-7(16)6-18-13(11)20/h1-4,6H,5H2. The Morgan fingerprint density at radius 3 is 2.80 bits per heavy atom. The molecule has 102 valence electrons. The lowest BCUT2D eigenvalue weighted by molar-refractivity contribution is 0.620. The molecule has 3 rings (SSSR count). The number of benzene rings is 1. The molecule has 2 heterocycles. The molecule has 2 aromatic heterocycles. The van der Waals surface area contributed by atoms with Crippen LogP contribution in [-0.2, 0) is 5.88 Å². The zero-order chi connectivity index (χ0) is 14.3. The highest BCUT2D eigenvalue weighted by Crippen LogP contribution is 2.25. The van der Waals surface area contributed by atoms with Crippen LogP contribution in [0.15, 0.2) is 34.9 Å². The lowest BCUT2D eigenvalue weighted by Crippen LogP contribution is -2.01. The molecule has 0 aliphatic heterocycles. The van der Waals surface area contributed by atoms with Crippen molar-refractivity contribution in [2.45, 2.75) is 5.88 Å². The summed E-state index contributed by atoms with van der Waals surface area (Å²) in [6, 6.07) is 6.49. The third-order valence-electron chi connectivity index (χ3n) is 2.81. The van der Waals surface area contributed by atoms with Gasteiger partial charge in [-0.3, -0.25) is 4.57 Å². The monoisotopic (exact) mass is 373 g/mol. The number of alkyl halides is 1. The minimum Gasteiger partial charge on any atom is -0.280 e. The van der Waals surface area contributed by atoms with Crippen LogP contribution in [0.25, 0.3) is 16.9 Å². The van der Waals surface area contributed by atoms with Gasteiger partial charge in [0.1, 0.15) is 17.2 Å². The largest absolute Gasteiger partial charge is 0.280 e. The van der Waals surface area contributed by atoms with Gasteiger partial charge in [-0.25, -0.2) is 14.4 Å². The van der Waals surface area contributed by atoms with Crippen molar-refractivity contribution in [2.24, 2.45) is 0 Å². The van der Waals surface area contributed by atoms with Gasteiger partial charge in [-0.15, -0.1) is 11.6 Å². The second-order valence-electron chi connectivity index (χ2n) is 4.09. The molecule has 0 saturated heterocycles. The number of hydrogen-bond acceptors (Lipinski definition) is 2. The summed E-state index contributed by atoms with van der Waals surface area (Å²) in [5.74, 6) is 0.406. The summed E-state index contributed by atoms with van der Waals surface area (Å²) in [4.78, 5) is 8.62. The lowest BCUT2D eigenvalue weighted by Gasteiger charge is -2.07. The molecule has 1 aromatic carbocycles. The minimum atomic E-state index is -0.362. The number of halogens is 4. The van der Waals surface area contributed by atoms with Crippen molar-refractivity contribution >= 4 is 50.3 Å². The minimum absolute atomic E-state index is 0.186. The molecule has 3 aromatic rings. The molecule has 0 bridgehead atoms. The predicted octanol–water partition coefficient (Wildman–Crippen LogP) is 4.71. The zero-order valence-corrected chi connectivity index (χ0v) is 13.0. The van der Waals surface area contributed by atoms with E-state index < -0.39 is 0 Å². The van der Waals surface area contributed by atoms with Crippen LogP contribution in [0.1, 0.15) is 5.82 Å². The lowest BCUT2D eigenvalue weighted by atomic mass is 10.3. The van der Waals surface area contributed by atoms with Gasteiger partial charge >= 0.3 is 0 Å². The van der Waals surface area contributed by atoms with Crippen molar-refractivity contribution in [1.29, 1.82) is 0 Å². The molecule has 0 atom stereocenters. The summed E-state index contributed by atoms with van der Waals surface area (Å²) in [6.07, 6.45) is 1.52. The van der Waals surface area contributed by atoms with Gasteiger partial charge in [0.15, 0.2) is 5.65 Å². The average molecular weight is 375 g/mol. The van der Waals surface area contributed by atoms with Gasteiger partial charge in [-0.05, 0) is 40.2 Å². The molecule has 20 heavy (non-hydrogen) atoms. The highest BCUT2D eigenvalue weighted by Gasteiger charge is 2.14. The van der Waals surface area contributed by atoms with Gasteiger partial charge in [0, 0.05) is 6.20 Å². The molecule has 3 nitrogen and oxygen atoms in total. The average Bonchev–Trinajstić information content (AvgIpc) is 2.79. The first-order valence-corrected chi connectivity index (χ1v) is 7.35. The quantitative estimate of drug-likeness (QED) is 0.608. The maximum Gasteiger partial charge on any atom is 0.164 e. The van der Waals surface area contributed by atoms with E-state index >= 15 is 0 Å². The van der Waals surface area contributed by atoms with Crippen LogP contribution in [0.5, 0.6) is 0 Å². The number of aromatic nitrogens is 3. The first-order valence-electron chi connectivity index (χ1n) is 5.64. The van der Waals surface area contributed by atoms with Crippen LogP contribution in [-0.4, -0.2) is 14.5 Å². The van der Waals surface area contributed by atoms with E-state index in [1.165, 1.54) is 12.3 Å². The van der Waals surface area contributed by atoms with E-state index in [1.54, 1.807) is 22.8 Å². The predicted molar refractivity (Wildman–Crippen MR) is 81.1 cm³/mol. The van der Waals surface area contributed by atoms with Gasteiger partial charge in [-0.1, -0.05) is 11.6 Å². The zero-order valence-electron chi connectivity index (χ0n) is 9.95. The molecule has 0 amide bonds. The van der Waals surface area contributed by atoms with E-state index in [0.717, 1.165) is 0 Å². The number of fused-ring (bicyclic) bond motifs is 1. The first-order chi connectivity index (χ1) is 9.60. The van der Waals surface area contributed by atoms with E-state index in [1.807, 2.05) is 0 Å². The maximum atomic E-state index is 13.7. The van der Waals surface area contributed by atoms with Gasteiger partial charge < -0.3 is 0 Å². The van der Waals surface area contributed by atoms with Gasteiger partial charge in [-0.2, -0.15) is 0 Å². The molecular weight excluding hydrogens is 368 g/mol. The molecule has 0 spiro atoms. The van der Waals surface area contributed by atoms with Gasteiger partial charge in [0.05, 0.1) is 21.1 Å². The summed E-state index contributed by atoms with van der Waals surface area (Å²) >= 11 is 15.0. The molecule has 0 radical (unpaired) electrons. The molecular formula is C13H7BrCl2FN3. The Balaban J connectivity index is 2.30. The number of rotatable bonds is 2. The number of imidazole rings is 1. The number of nitrogens with zero attached hydrogens (tertiary/aromatic N) is 3. The van der Waals surface area contributed by atoms with Gasteiger partial charge in [0.2, 0.25) is 0 Å². The molecule has 0 aliphatic carbocycles. The van der Waals surface area contributed by atoms with Crippen LogP contribution in [0.2, 0.25) is 5.02 Å². The van der Waals surface area contributed by atoms with E-state index in [0.29, 0.717) is 32.2 Å². The van der Waals surface area contributed by atoms with Crippen LogP contribution >= 0.6 is 39.1 Å². The summed E-state index contributed by atoms with van der Waals surface area (Å²) in [5, 5.41) is 0.491. The van der Waals surface area contributed by atoms with Crippen molar-refractivity contribution in [3.05, 3.63) is 51.6 Å². The Kier molecular flexibility index (Phi) is 3.67. The highest BCUT2D eigenvalue weighted by atomic mass is 79.9. The molecule has 7 heteroatoms. The Bertz CT molecular complexity index is 804. The van der Waals surface area contributed by atoms with Crippen LogP contribution < -0.4 is 0 Å². The molecule has 0 N–H and O–H groups in total. The van der Waals surface area contributed by atoms with Crippen molar-refractivity contribution in [3.8, 4) is 5.69 Å². The fourth-order valence-corrected chi connectivity index (χ4v) is 2.55. The summed E-state index contributed by atoms with van der Waals surface area (Å²) in [5.41, 5.74) is 1.82. The van der Waals surface area contributed by atoms with E-state index in [2.05, 4.69) is 25.9 Å². The first kappa shape index (κ1) is 13.8. The SMILES string of the molecule is Fc1cc(-n2c(CCl)nc3cc(Cl)cnc32)ccc1Br. The molecule has 0 unspecified atom stereocenters. The Hall–Kier alpha value is -1.17. The summed E-state index contributed by atoms with van der Waals surface area (Å²) in [6.45, 7) is 0. The fraction of sp³-hybridized carbons (Fsp3) is 0.0769. The van der Waals surface area contributed by atoms with E-state index in [4.69, 9.17) is 23.2 Å². The van der Waals surface area contributed by atoms with Crippen LogP contribution in [0.3, 0.4) is 0 Å². The molecule has 0 aliphatic rings. The fourth-order valence-electron chi connectivity index (χ4n) is 1.97. The Labute approximate surface area is 132 Å². The smallest absolute Gasteiger partial charge is 0.164 e. The maximum absolute atomic E-state index is 13.7. The van der Waals surface area contributed by atoms with E-state index in [-0.39, 0.29) is 11.7 Å². The van der Waals surface area contributed by atoms with Crippen LogP contribution in [0, 0.1) is 5.82 Å². The second kappa shape index (κ2) is 5.31. The van der Waals surface area contributed by atoms with Gasteiger partial charge in [0.25, 0.3) is 0 Å². The third kappa shape index (κ3) is 2.30. The molecule has 0 fully saturated rings. The van der Waals surface area contributed by atoms with E-state index in [9.17, 15) is 4.39 Å². The number of pyridine rings is 1. The summed E-state index contributed by atoms with van der Waals surface area (Å²) < 4.78 is 15.8. The number of hydrogen-bond donors (Lipinski definition) is 0. The van der Waals surface area contributed by atoms with Crippen LogP contribution in [0.4, 0.5) is 4.39 Å². The van der Waals surface area contributed by atoms with Crippen molar-refractivity contribution in [3.63, 3.8) is 0 Å². The van der Waals surface area contributed by atoms with Crippen molar-refractivity contribution < 1.29 is 4.39 Å². The third-order valence-corrected chi connectivity index (χ3v) is 3.90. The second-order valence-corrected chi connectivity index (χ2v) is 5.65. The van der Waals surface area contributed by atoms with Crippen molar-refractivity contribution in [1.82, 2.24) is 14.5 Å².